The molecule has 0 saturated heterocycles. The van der Waals surface area contributed by atoms with Gasteiger partial charge in [-0.3, -0.25) is 9.78 Å². The quantitative estimate of drug-likeness (QED) is 0.851. The highest BCUT2D eigenvalue weighted by Gasteiger charge is 2.32. The number of halogens is 3. The fourth-order valence-corrected chi connectivity index (χ4v) is 1.95. The van der Waals surface area contributed by atoms with Crippen LogP contribution in [-0.4, -0.2) is 10.9 Å². The number of carbonyl (C=O) groups excluding carboxylic acids is 1. The maximum atomic E-state index is 12.9. The molecule has 0 saturated carbocycles. The first kappa shape index (κ1) is 16.5. The highest BCUT2D eigenvalue weighted by Crippen LogP contribution is 2.31. The molecular formula is C16H14F3N3O. The van der Waals surface area contributed by atoms with Crippen molar-refractivity contribution in [1.82, 2.24) is 10.3 Å². The van der Waals surface area contributed by atoms with Gasteiger partial charge in [-0.25, -0.2) is 0 Å². The zero-order chi connectivity index (χ0) is 16.9. The van der Waals surface area contributed by atoms with E-state index < -0.39 is 17.6 Å². The zero-order valence-electron chi connectivity index (χ0n) is 12.0. The summed E-state index contributed by atoms with van der Waals surface area (Å²) in [6.45, 7) is -0.241. The van der Waals surface area contributed by atoms with Gasteiger partial charge in [-0.05, 0) is 23.8 Å². The van der Waals surface area contributed by atoms with Gasteiger partial charge in [0.25, 0.3) is 0 Å². The molecule has 2 aromatic rings. The molecule has 4 nitrogen and oxygen atoms in total. The molecule has 23 heavy (non-hydrogen) atoms. The summed E-state index contributed by atoms with van der Waals surface area (Å²) < 4.78 is 38.6. The van der Waals surface area contributed by atoms with Crippen LogP contribution in [0.5, 0.6) is 0 Å². The van der Waals surface area contributed by atoms with Gasteiger partial charge >= 0.3 is 6.18 Å². The number of alkyl halides is 3. The van der Waals surface area contributed by atoms with Crippen LogP contribution in [0.15, 0.2) is 54.9 Å². The highest BCUT2D eigenvalue weighted by atomic mass is 19.4. The predicted octanol–water partition coefficient (Wildman–Crippen LogP) is 2.72. The van der Waals surface area contributed by atoms with E-state index in [1.807, 2.05) is 0 Å². The van der Waals surface area contributed by atoms with Gasteiger partial charge in [0.05, 0.1) is 5.56 Å². The van der Waals surface area contributed by atoms with Crippen molar-refractivity contribution in [3.05, 3.63) is 71.6 Å². The molecule has 7 heteroatoms. The second kappa shape index (κ2) is 6.95. The molecule has 2 rings (SSSR count). The minimum Gasteiger partial charge on any atom is -0.398 e. The number of nitrogens with two attached hydrogens (primary N) is 1. The average molecular weight is 321 g/mol. The SMILES string of the molecule is N/C(=C\C(=O)NCc1ccccc1C(F)(F)F)c1ccncc1. The first-order valence-corrected chi connectivity index (χ1v) is 6.68. The van der Waals surface area contributed by atoms with E-state index in [0.29, 0.717) is 5.56 Å². The lowest BCUT2D eigenvalue weighted by Gasteiger charge is -2.12. The number of benzene rings is 1. The Balaban J connectivity index is 2.06. The minimum absolute atomic E-state index is 0.00997. The molecule has 120 valence electrons. The van der Waals surface area contributed by atoms with E-state index in [4.69, 9.17) is 5.73 Å². The number of nitrogens with one attached hydrogen (secondary N) is 1. The smallest absolute Gasteiger partial charge is 0.398 e. The molecule has 0 atom stereocenters. The number of aromatic nitrogens is 1. The number of rotatable bonds is 4. The fourth-order valence-electron chi connectivity index (χ4n) is 1.95. The molecule has 1 aromatic carbocycles. The summed E-state index contributed by atoms with van der Waals surface area (Å²) in [5, 5.41) is 2.40. The van der Waals surface area contributed by atoms with E-state index in [0.717, 1.165) is 12.1 Å². The monoisotopic (exact) mass is 321 g/mol. The van der Waals surface area contributed by atoms with Crippen LogP contribution in [0, 0.1) is 0 Å². The molecule has 0 radical (unpaired) electrons. The van der Waals surface area contributed by atoms with E-state index in [1.165, 1.54) is 30.6 Å². The lowest BCUT2D eigenvalue weighted by atomic mass is 10.1. The number of pyridine rings is 1. The molecular weight excluding hydrogens is 307 g/mol. The number of amides is 1. The van der Waals surface area contributed by atoms with Crippen molar-refractivity contribution in [1.29, 1.82) is 0 Å². The third kappa shape index (κ3) is 4.57. The first-order chi connectivity index (χ1) is 10.9. The zero-order valence-corrected chi connectivity index (χ0v) is 12.0. The first-order valence-electron chi connectivity index (χ1n) is 6.68. The van der Waals surface area contributed by atoms with Crippen molar-refractivity contribution >= 4 is 11.6 Å². The fraction of sp³-hybridized carbons (Fsp3) is 0.125. The van der Waals surface area contributed by atoms with Crippen molar-refractivity contribution < 1.29 is 18.0 Å². The Hall–Kier alpha value is -2.83. The summed E-state index contributed by atoms with van der Waals surface area (Å²) in [4.78, 5) is 15.6. The van der Waals surface area contributed by atoms with E-state index in [9.17, 15) is 18.0 Å². The van der Waals surface area contributed by atoms with Crippen molar-refractivity contribution in [3.8, 4) is 0 Å². The van der Waals surface area contributed by atoms with E-state index >= 15 is 0 Å². The number of hydrogen-bond donors (Lipinski definition) is 2. The van der Waals surface area contributed by atoms with E-state index in [-0.39, 0.29) is 17.8 Å². The molecule has 0 aliphatic heterocycles. The van der Waals surface area contributed by atoms with E-state index in [2.05, 4.69) is 10.3 Å². The van der Waals surface area contributed by atoms with Crippen LogP contribution < -0.4 is 11.1 Å². The molecule has 0 spiro atoms. The van der Waals surface area contributed by atoms with Gasteiger partial charge in [0, 0.05) is 36.3 Å². The van der Waals surface area contributed by atoms with Crippen LogP contribution in [0.4, 0.5) is 13.2 Å². The topological polar surface area (TPSA) is 68.0 Å². The molecule has 0 aliphatic rings. The molecule has 0 aliphatic carbocycles. The van der Waals surface area contributed by atoms with Crippen molar-refractivity contribution in [3.63, 3.8) is 0 Å². The predicted molar refractivity (Wildman–Crippen MR) is 79.7 cm³/mol. The second-order valence-corrected chi connectivity index (χ2v) is 4.71. The second-order valence-electron chi connectivity index (χ2n) is 4.71. The Labute approximate surface area is 130 Å². The Bertz CT molecular complexity index is 712. The maximum absolute atomic E-state index is 12.9. The Morgan fingerprint density at radius 2 is 1.83 bits per heavy atom. The third-order valence-electron chi connectivity index (χ3n) is 3.08. The molecule has 0 bridgehead atoms. The Kier molecular flexibility index (Phi) is 5.00. The molecule has 1 heterocycles. The van der Waals surface area contributed by atoms with Crippen LogP contribution >= 0.6 is 0 Å². The van der Waals surface area contributed by atoms with Gasteiger partial charge in [-0.2, -0.15) is 13.2 Å². The molecule has 3 N–H and O–H groups in total. The number of hydrogen-bond acceptors (Lipinski definition) is 3. The van der Waals surface area contributed by atoms with Crippen LogP contribution in [0.1, 0.15) is 16.7 Å². The molecule has 0 unspecified atom stereocenters. The Morgan fingerprint density at radius 3 is 2.48 bits per heavy atom. The molecule has 0 fully saturated rings. The summed E-state index contributed by atoms with van der Waals surface area (Å²) >= 11 is 0. The minimum atomic E-state index is -4.47. The molecule has 1 amide bonds. The van der Waals surface area contributed by atoms with Crippen LogP contribution in [-0.2, 0) is 17.5 Å². The standard InChI is InChI=1S/C16H14F3N3O/c17-16(18,19)13-4-2-1-3-12(13)10-22-15(23)9-14(20)11-5-7-21-8-6-11/h1-9H,10,20H2,(H,22,23)/b14-9-. The summed E-state index contributed by atoms with van der Waals surface area (Å²) in [6, 6.07) is 8.32. The van der Waals surface area contributed by atoms with Crippen LogP contribution in [0.2, 0.25) is 0 Å². The number of nitrogens with zero attached hydrogens (tertiary/aromatic N) is 1. The van der Waals surface area contributed by atoms with Crippen molar-refractivity contribution in [2.45, 2.75) is 12.7 Å². The van der Waals surface area contributed by atoms with Gasteiger partial charge < -0.3 is 11.1 Å². The van der Waals surface area contributed by atoms with Gasteiger partial charge in [0.1, 0.15) is 0 Å². The lowest BCUT2D eigenvalue weighted by Crippen LogP contribution is -2.23. The summed E-state index contributed by atoms with van der Waals surface area (Å²) in [7, 11) is 0. The van der Waals surface area contributed by atoms with Crippen molar-refractivity contribution in [2.75, 3.05) is 0 Å². The van der Waals surface area contributed by atoms with Crippen molar-refractivity contribution in [2.24, 2.45) is 5.73 Å². The summed E-state index contributed by atoms with van der Waals surface area (Å²) in [5.74, 6) is -0.573. The number of carbonyl (C=O) groups is 1. The normalized spacial score (nSPS) is 12.0. The average Bonchev–Trinajstić information content (AvgIpc) is 2.53. The Morgan fingerprint density at radius 1 is 1.17 bits per heavy atom. The summed E-state index contributed by atoms with van der Waals surface area (Å²) in [6.07, 6.45) is -0.292. The van der Waals surface area contributed by atoms with Gasteiger partial charge in [0.15, 0.2) is 0 Å². The molecule has 1 aromatic heterocycles. The van der Waals surface area contributed by atoms with Crippen LogP contribution in [0.25, 0.3) is 5.70 Å². The van der Waals surface area contributed by atoms with Gasteiger partial charge in [-0.15, -0.1) is 0 Å². The van der Waals surface area contributed by atoms with Gasteiger partial charge in [0.2, 0.25) is 5.91 Å². The highest BCUT2D eigenvalue weighted by molar-refractivity contribution is 5.94. The van der Waals surface area contributed by atoms with Gasteiger partial charge in [-0.1, -0.05) is 18.2 Å². The summed E-state index contributed by atoms with van der Waals surface area (Å²) in [5.41, 5.74) is 5.78. The largest absolute Gasteiger partial charge is 0.416 e. The van der Waals surface area contributed by atoms with Crippen LogP contribution in [0.3, 0.4) is 0 Å². The lowest BCUT2D eigenvalue weighted by molar-refractivity contribution is -0.138. The maximum Gasteiger partial charge on any atom is 0.416 e. The van der Waals surface area contributed by atoms with E-state index in [1.54, 1.807) is 12.1 Å². The third-order valence-corrected chi connectivity index (χ3v) is 3.08.